The van der Waals surface area contributed by atoms with Crippen molar-refractivity contribution < 1.29 is 14.7 Å². The predicted molar refractivity (Wildman–Crippen MR) is 125 cm³/mol. The van der Waals surface area contributed by atoms with E-state index in [1.54, 1.807) is 0 Å². The van der Waals surface area contributed by atoms with Crippen LogP contribution in [0.1, 0.15) is 63.4 Å². The lowest BCUT2D eigenvalue weighted by atomic mass is 9.86. The van der Waals surface area contributed by atoms with Gasteiger partial charge < -0.3 is 26.4 Å². The van der Waals surface area contributed by atoms with Gasteiger partial charge in [-0.2, -0.15) is 0 Å². The van der Waals surface area contributed by atoms with Crippen LogP contribution in [0.2, 0.25) is 0 Å². The lowest BCUT2D eigenvalue weighted by Crippen LogP contribution is -2.47. The quantitative estimate of drug-likeness (QED) is 0.369. The van der Waals surface area contributed by atoms with E-state index in [2.05, 4.69) is 34.9 Å². The van der Waals surface area contributed by atoms with E-state index in [-0.39, 0.29) is 12.5 Å². The predicted octanol–water partition coefficient (Wildman–Crippen LogP) is 3.84. The Bertz CT molecular complexity index is 624. The summed E-state index contributed by atoms with van der Waals surface area (Å²) in [5, 5.41) is 13.6. The summed E-state index contributed by atoms with van der Waals surface area (Å²) in [5.74, 6) is 0.900. The molecule has 0 atom stereocenters. The third kappa shape index (κ3) is 9.59. The number of rotatable bonds is 8. The van der Waals surface area contributed by atoms with Crippen LogP contribution >= 0.6 is 0 Å². The zero-order valence-corrected chi connectivity index (χ0v) is 18.7. The van der Waals surface area contributed by atoms with Crippen molar-refractivity contribution in [2.24, 2.45) is 11.7 Å². The monoisotopic (exact) mass is 432 g/mol. The summed E-state index contributed by atoms with van der Waals surface area (Å²) in [6.07, 6.45) is 12.3. The van der Waals surface area contributed by atoms with E-state index in [1.165, 1.54) is 44.1 Å². The normalized spacial score (nSPS) is 17.4. The molecule has 174 valence electrons. The molecule has 2 fully saturated rings. The van der Waals surface area contributed by atoms with Gasteiger partial charge in [0.25, 0.3) is 6.47 Å². The summed E-state index contributed by atoms with van der Waals surface area (Å²) >= 11 is 0. The molecule has 1 saturated heterocycles. The Morgan fingerprint density at radius 2 is 1.74 bits per heavy atom. The number of hydrogen-bond donors (Lipinski definition) is 4. The number of anilines is 1. The molecule has 1 aliphatic carbocycles. The minimum atomic E-state index is -0.250. The molecule has 0 bridgehead atoms. The molecule has 1 saturated carbocycles. The molecule has 1 heterocycles. The van der Waals surface area contributed by atoms with Gasteiger partial charge in [0.05, 0.1) is 0 Å². The zero-order valence-electron chi connectivity index (χ0n) is 18.7. The summed E-state index contributed by atoms with van der Waals surface area (Å²) in [7, 11) is 0. The van der Waals surface area contributed by atoms with E-state index in [0.29, 0.717) is 12.6 Å². The van der Waals surface area contributed by atoms with Crippen LogP contribution in [0.4, 0.5) is 10.5 Å². The number of nitrogens with zero attached hydrogens (tertiary/aromatic N) is 1. The molecular weight excluding hydrogens is 392 g/mol. The van der Waals surface area contributed by atoms with Gasteiger partial charge in [0.2, 0.25) is 0 Å². The molecule has 0 aromatic heterocycles. The number of amides is 2. The summed E-state index contributed by atoms with van der Waals surface area (Å²) in [6, 6.07) is 9.12. The number of piperidine rings is 1. The Hall–Kier alpha value is -2.28. The maximum Gasteiger partial charge on any atom is 0.317 e. The molecule has 1 aromatic rings. The van der Waals surface area contributed by atoms with Gasteiger partial charge in [-0.25, -0.2) is 4.79 Å². The summed E-state index contributed by atoms with van der Waals surface area (Å²) in [6.45, 7) is 2.92. The van der Waals surface area contributed by atoms with Crippen molar-refractivity contribution in [3.8, 4) is 0 Å². The maximum absolute atomic E-state index is 12.4. The number of carbonyl (C=O) groups excluding carboxylic acids is 1. The Balaban J connectivity index is 0.00000107. The first kappa shape index (κ1) is 25.0. The van der Waals surface area contributed by atoms with E-state index < -0.39 is 0 Å². The number of benzene rings is 1. The highest BCUT2D eigenvalue weighted by molar-refractivity contribution is 5.74. The van der Waals surface area contributed by atoms with Gasteiger partial charge in [-0.05, 0) is 62.3 Å². The number of carbonyl (C=O) groups is 2. The molecular formula is C24H40N4O3. The number of likely N-dealkylation sites (tertiary alicyclic amines) is 1. The van der Waals surface area contributed by atoms with Gasteiger partial charge in [0, 0.05) is 31.4 Å². The van der Waals surface area contributed by atoms with Crippen LogP contribution in [-0.4, -0.2) is 54.7 Å². The zero-order chi connectivity index (χ0) is 22.3. The molecule has 0 spiro atoms. The van der Waals surface area contributed by atoms with Crippen LogP contribution in [0.25, 0.3) is 0 Å². The minimum Gasteiger partial charge on any atom is -0.483 e. The molecule has 7 nitrogen and oxygen atoms in total. The van der Waals surface area contributed by atoms with E-state index in [1.807, 2.05) is 4.90 Å². The molecule has 1 aromatic carbocycles. The molecule has 31 heavy (non-hydrogen) atoms. The fourth-order valence-corrected chi connectivity index (χ4v) is 4.57. The van der Waals surface area contributed by atoms with Crippen molar-refractivity contribution in [1.82, 2.24) is 10.2 Å². The molecule has 2 amide bonds. The highest BCUT2D eigenvalue weighted by atomic mass is 16.3. The SMILES string of the molecule is NCCc1ccc(NC2CCN(C(=O)NCCCC3CCCCC3)CC2)cc1.O=CO. The second-order valence-corrected chi connectivity index (χ2v) is 8.62. The lowest BCUT2D eigenvalue weighted by Gasteiger charge is -2.33. The molecule has 1 aliphatic heterocycles. The Kier molecular flexibility index (Phi) is 11.8. The van der Waals surface area contributed by atoms with Crippen molar-refractivity contribution in [2.45, 2.75) is 70.3 Å². The smallest absolute Gasteiger partial charge is 0.317 e. The number of carboxylic acid groups (broad SMARTS) is 1. The molecule has 0 unspecified atom stereocenters. The van der Waals surface area contributed by atoms with Crippen molar-refractivity contribution in [1.29, 1.82) is 0 Å². The minimum absolute atomic E-state index is 0.119. The van der Waals surface area contributed by atoms with Gasteiger partial charge in [-0.3, -0.25) is 4.79 Å². The largest absolute Gasteiger partial charge is 0.483 e. The average Bonchev–Trinajstić information content (AvgIpc) is 2.80. The van der Waals surface area contributed by atoms with Crippen LogP contribution in [0.5, 0.6) is 0 Å². The van der Waals surface area contributed by atoms with E-state index in [9.17, 15) is 4.79 Å². The van der Waals surface area contributed by atoms with Crippen molar-refractivity contribution in [2.75, 3.05) is 31.5 Å². The number of hydrogen-bond acceptors (Lipinski definition) is 4. The fraction of sp³-hybridized carbons (Fsp3) is 0.667. The molecule has 2 aliphatic rings. The average molecular weight is 433 g/mol. The number of nitrogens with one attached hydrogen (secondary N) is 2. The molecule has 0 radical (unpaired) electrons. The third-order valence-electron chi connectivity index (χ3n) is 6.33. The summed E-state index contributed by atoms with van der Waals surface area (Å²) < 4.78 is 0. The molecule has 3 rings (SSSR count). The Morgan fingerprint density at radius 1 is 1.10 bits per heavy atom. The number of nitrogens with two attached hydrogens (primary N) is 1. The first-order valence-corrected chi connectivity index (χ1v) is 11.8. The fourth-order valence-electron chi connectivity index (χ4n) is 4.57. The highest BCUT2D eigenvalue weighted by Crippen LogP contribution is 2.27. The van der Waals surface area contributed by atoms with Crippen LogP contribution < -0.4 is 16.4 Å². The Morgan fingerprint density at radius 3 is 2.35 bits per heavy atom. The van der Waals surface area contributed by atoms with Crippen molar-refractivity contribution in [3.05, 3.63) is 29.8 Å². The van der Waals surface area contributed by atoms with Gasteiger partial charge in [-0.15, -0.1) is 0 Å². The van der Waals surface area contributed by atoms with Crippen molar-refractivity contribution >= 4 is 18.2 Å². The van der Waals surface area contributed by atoms with Crippen LogP contribution in [0.15, 0.2) is 24.3 Å². The number of urea groups is 1. The van der Waals surface area contributed by atoms with E-state index in [0.717, 1.165) is 56.9 Å². The first-order valence-electron chi connectivity index (χ1n) is 11.8. The van der Waals surface area contributed by atoms with Gasteiger partial charge in [-0.1, -0.05) is 44.2 Å². The van der Waals surface area contributed by atoms with Crippen LogP contribution in [0, 0.1) is 5.92 Å². The first-order chi connectivity index (χ1) is 15.2. The lowest BCUT2D eigenvalue weighted by molar-refractivity contribution is -0.122. The standard InChI is InChI=1S/C23H38N4O.CH2O2/c24-15-12-20-8-10-21(11-9-20)26-22-13-17-27(18-14-22)23(28)25-16-4-7-19-5-2-1-3-6-19;2-1-3/h8-11,19,22,26H,1-7,12-18,24H2,(H,25,28);1H,(H,2,3). The summed E-state index contributed by atoms with van der Waals surface area (Å²) in [4.78, 5) is 22.7. The second-order valence-electron chi connectivity index (χ2n) is 8.62. The molecule has 5 N–H and O–H groups in total. The van der Waals surface area contributed by atoms with E-state index in [4.69, 9.17) is 15.6 Å². The highest BCUT2D eigenvalue weighted by Gasteiger charge is 2.22. The van der Waals surface area contributed by atoms with Crippen molar-refractivity contribution in [3.63, 3.8) is 0 Å². The second kappa shape index (κ2) is 14.7. The maximum atomic E-state index is 12.4. The topological polar surface area (TPSA) is 108 Å². The van der Waals surface area contributed by atoms with Gasteiger partial charge in [0.15, 0.2) is 0 Å². The molecule has 7 heteroatoms. The Labute approximate surface area is 186 Å². The summed E-state index contributed by atoms with van der Waals surface area (Å²) in [5.41, 5.74) is 8.04. The van der Waals surface area contributed by atoms with Crippen LogP contribution in [0.3, 0.4) is 0 Å². The van der Waals surface area contributed by atoms with Gasteiger partial charge in [0.1, 0.15) is 0 Å². The van der Waals surface area contributed by atoms with Gasteiger partial charge >= 0.3 is 6.03 Å². The van der Waals surface area contributed by atoms with Crippen LogP contribution in [-0.2, 0) is 11.2 Å². The third-order valence-corrected chi connectivity index (χ3v) is 6.33. The van der Waals surface area contributed by atoms with E-state index >= 15 is 0 Å².